The number of aldehydes is 1. The van der Waals surface area contributed by atoms with E-state index in [1.807, 2.05) is 0 Å². The van der Waals surface area contributed by atoms with Crippen molar-refractivity contribution in [2.24, 2.45) is 0 Å². The Morgan fingerprint density at radius 2 is 1.78 bits per heavy atom. The Morgan fingerprint density at radius 1 is 1.11 bits per heavy atom. The Balaban J connectivity index is 2.57. The molecule has 0 aliphatic carbocycles. The van der Waals surface area contributed by atoms with Gasteiger partial charge in [-0.3, -0.25) is 9.78 Å². The molecule has 2 rings (SSSR count). The van der Waals surface area contributed by atoms with Crippen LogP contribution in [0.5, 0.6) is 0 Å². The first-order valence-electron chi connectivity index (χ1n) is 5.10. The van der Waals surface area contributed by atoms with Crippen LogP contribution >= 0.6 is 0 Å². The Morgan fingerprint density at radius 3 is 2.33 bits per heavy atom. The zero-order valence-electron chi connectivity index (χ0n) is 9.11. The number of alkyl halides is 3. The van der Waals surface area contributed by atoms with Crippen molar-refractivity contribution < 1.29 is 18.0 Å². The third-order valence-electron chi connectivity index (χ3n) is 2.44. The van der Waals surface area contributed by atoms with Crippen molar-refractivity contribution >= 4 is 6.29 Å². The van der Waals surface area contributed by atoms with Gasteiger partial charge in [0.25, 0.3) is 0 Å². The molecule has 0 N–H and O–H groups in total. The van der Waals surface area contributed by atoms with Gasteiger partial charge in [0.15, 0.2) is 6.29 Å². The van der Waals surface area contributed by atoms with Crippen LogP contribution in [0.3, 0.4) is 0 Å². The summed E-state index contributed by atoms with van der Waals surface area (Å²) in [5, 5.41) is 0. The fourth-order valence-corrected chi connectivity index (χ4v) is 1.57. The summed E-state index contributed by atoms with van der Waals surface area (Å²) in [6.07, 6.45) is -3.47. The highest BCUT2D eigenvalue weighted by Gasteiger charge is 2.34. The van der Waals surface area contributed by atoms with Gasteiger partial charge in [-0.1, -0.05) is 30.3 Å². The summed E-state index contributed by atoms with van der Waals surface area (Å²) in [6, 6.07) is 9.37. The molecule has 0 aliphatic heterocycles. The number of halogens is 3. The lowest BCUT2D eigenvalue weighted by atomic mass is 10.1. The molecule has 2 nitrogen and oxygen atoms in total. The normalized spacial score (nSPS) is 11.3. The standard InChI is InChI=1S/C13H8F3NO/c14-13(15,16)11-6-12(17-7-10(11)8-18)9-4-2-1-3-5-9/h1-8H. The average molecular weight is 251 g/mol. The second kappa shape index (κ2) is 4.60. The van der Waals surface area contributed by atoms with Crippen molar-refractivity contribution in [3.05, 3.63) is 53.7 Å². The smallest absolute Gasteiger partial charge is 0.298 e. The number of carbonyl (C=O) groups is 1. The molecule has 1 heterocycles. The van der Waals surface area contributed by atoms with Crippen molar-refractivity contribution in [3.8, 4) is 11.3 Å². The highest BCUT2D eigenvalue weighted by Crippen LogP contribution is 2.33. The highest BCUT2D eigenvalue weighted by atomic mass is 19.4. The molecular formula is C13H8F3NO. The van der Waals surface area contributed by atoms with Crippen LogP contribution in [-0.4, -0.2) is 11.3 Å². The lowest BCUT2D eigenvalue weighted by molar-refractivity contribution is -0.137. The summed E-state index contributed by atoms with van der Waals surface area (Å²) >= 11 is 0. The lowest BCUT2D eigenvalue weighted by Gasteiger charge is -2.10. The van der Waals surface area contributed by atoms with Crippen LogP contribution in [0.2, 0.25) is 0 Å². The topological polar surface area (TPSA) is 30.0 Å². The third kappa shape index (κ3) is 2.40. The van der Waals surface area contributed by atoms with Crippen LogP contribution in [0.1, 0.15) is 15.9 Å². The van der Waals surface area contributed by atoms with Gasteiger partial charge in [0, 0.05) is 17.3 Å². The van der Waals surface area contributed by atoms with E-state index in [0.717, 1.165) is 12.3 Å². The number of carbonyl (C=O) groups excluding carboxylic acids is 1. The fraction of sp³-hybridized carbons (Fsp3) is 0.0769. The van der Waals surface area contributed by atoms with Gasteiger partial charge in [0.1, 0.15) is 0 Å². The van der Waals surface area contributed by atoms with E-state index < -0.39 is 17.3 Å². The molecule has 5 heteroatoms. The number of aromatic nitrogens is 1. The molecule has 0 unspecified atom stereocenters. The van der Waals surface area contributed by atoms with E-state index in [-0.39, 0.29) is 12.0 Å². The molecule has 18 heavy (non-hydrogen) atoms. The zero-order valence-corrected chi connectivity index (χ0v) is 9.11. The fourth-order valence-electron chi connectivity index (χ4n) is 1.57. The number of hydrogen-bond donors (Lipinski definition) is 0. The minimum atomic E-state index is -4.57. The molecule has 1 aromatic carbocycles. The Bertz CT molecular complexity index is 564. The monoisotopic (exact) mass is 251 g/mol. The van der Waals surface area contributed by atoms with E-state index in [0.29, 0.717) is 5.56 Å². The molecule has 0 aliphatic rings. The van der Waals surface area contributed by atoms with E-state index >= 15 is 0 Å². The quantitative estimate of drug-likeness (QED) is 0.763. The second-order valence-electron chi connectivity index (χ2n) is 3.64. The summed E-state index contributed by atoms with van der Waals surface area (Å²) in [4.78, 5) is 14.4. The van der Waals surface area contributed by atoms with Gasteiger partial charge in [0.2, 0.25) is 0 Å². The van der Waals surface area contributed by atoms with E-state index in [9.17, 15) is 18.0 Å². The summed E-state index contributed by atoms with van der Waals surface area (Å²) in [7, 11) is 0. The van der Waals surface area contributed by atoms with Gasteiger partial charge in [0.05, 0.1) is 11.3 Å². The van der Waals surface area contributed by atoms with Gasteiger partial charge in [-0.05, 0) is 6.07 Å². The van der Waals surface area contributed by atoms with Crippen LogP contribution in [0.4, 0.5) is 13.2 Å². The second-order valence-corrected chi connectivity index (χ2v) is 3.64. The van der Waals surface area contributed by atoms with Crippen LogP contribution in [0.15, 0.2) is 42.6 Å². The third-order valence-corrected chi connectivity index (χ3v) is 2.44. The number of rotatable bonds is 2. The van der Waals surface area contributed by atoms with Gasteiger partial charge >= 0.3 is 6.18 Å². The number of pyridine rings is 1. The summed E-state index contributed by atoms with van der Waals surface area (Å²) < 4.78 is 38.2. The molecule has 1 aromatic heterocycles. The first kappa shape index (κ1) is 12.3. The Hall–Kier alpha value is -2.17. The SMILES string of the molecule is O=Cc1cnc(-c2ccccc2)cc1C(F)(F)F. The number of hydrogen-bond acceptors (Lipinski definition) is 2. The molecule has 0 bridgehead atoms. The van der Waals surface area contributed by atoms with Crippen LogP contribution in [0.25, 0.3) is 11.3 Å². The molecule has 2 aromatic rings. The molecular weight excluding hydrogens is 243 g/mol. The predicted octanol–water partition coefficient (Wildman–Crippen LogP) is 3.58. The maximum atomic E-state index is 12.7. The van der Waals surface area contributed by atoms with Crippen LogP contribution in [0, 0.1) is 0 Å². The van der Waals surface area contributed by atoms with Crippen molar-refractivity contribution in [2.45, 2.75) is 6.18 Å². The molecule has 0 atom stereocenters. The first-order chi connectivity index (χ1) is 8.52. The van der Waals surface area contributed by atoms with Crippen molar-refractivity contribution in [2.75, 3.05) is 0 Å². The summed E-state index contributed by atoms with van der Waals surface area (Å²) in [6.45, 7) is 0. The van der Waals surface area contributed by atoms with Gasteiger partial charge in [-0.25, -0.2) is 0 Å². The van der Waals surface area contributed by atoms with Gasteiger partial charge in [-0.2, -0.15) is 13.2 Å². The van der Waals surface area contributed by atoms with E-state index in [1.54, 1.807) is 30.3 Å². The maximum Gasteiger partial charge on any atom is 0.417 e. The number of nitrogens with zero attached hydrogens (tertiary/aromatic N) is 1. The Labute approximate surface area is 101 Å². The molecule has 0 saturated carbocycles. The van der Waals surface area contributed by atoms with Gasteiger partial charge in [-0.15, -0.1) is 0 Å². The maximum absolute atomic E-state index is 12.7. The van der Waals surface area contributed by atoms with Crippen LogP contribution < -0.4 is 0 Å². The van der Waals surface area contributed by atoms with Crippen molar-refractivity contribution in [1.29, 1.82) is 0 Å². The van der Waals surface area contributed by atoms with Crippen molar-refractivity contribution in [1.82, 2.24) is 4.98 Å². The number of benzene rings is 1. The zero-order chi connectivity index (χ0) is 13.2. The van der Waals surface area contributed by atoms with Crippen LogP contribution in [-0.2, 0) is 6.18 Å². The predicted molar refractivity (Wildman–Crippen MR) is 60.1 cm³/mol. The molecule has 0 saturated heterocycles. The van der Waals surface area contributed by atoms with E-state index in [2.05, 4.69) is 4.98 Å². The Kier molecular flexibility index (Phi) is 3.14. The lowest BCUT2D eigenvalue weighted by Crippen LogP contribution is -2.09. The first-order valence-corrected chi connectivity index (χ1v) is 5.10. The molecule has 0 spiro atoms. The molecule has 92 valence electrons. The summed E-state index contributed by atoms with van der Waals surface area (Å²) in [5.41, 5.74) is -0.664. The van der Waals surface area contributed by atoms with Crippen molar-refractivity contribution in [3.63, 3.8) is 0 Å². The molecule has 0 amide bonds. The molecule has 0 radical (unpaired) electrons. The minimum absolute atomic E-state index is 0.157. The van der Waals surface area contributed by atoms with E-state index in [1.165, 1.54) is 0 Å². The minimum Gasteiger partial charge on any atom is -0.298 e. The molecule has 0 fully saturated rings. The largest absolute Gasteiger partial charge is 0.417 e. The van der Waals surface area contributed by atoms with E-state index in [4.69, 9.17) is 0 Å². The van der Waals surface area contributed by atoms with Gasteiger partial charge < -0.3 is 0 Å². The summed E-state index contributed by atoms with van der Waals surface area (Å²) in [5.74, 6) is 0. The highest BCUT2D eigenvalue weighted by molar-refractivity contribution is 5.78. The average Bonchev–Trinajstić information content (AvgIpc) is 2.38.